The number of rotatable bonds is 5. The third-order valence-electron chi connectivity index (χ3n) is 2.42. The van der Waals surface area contributed by atoms with E-state index < -0.39 is 17.6 Å². The Balaban J connectivity index is 2.37. The summed E-state index contributed by atoms with van der Waals surface area (Å²) < 4.78 is 13.2. The summed E-state index contributed by atoms with van der Waals surface area (Å²) in [4.78, 5) is 22.7. The fourth-order valence-electron chi connectivity index (χ4n) is 1.36. The summed E-state index contributed by atoms with van der Waals surface area (Å²) in [5.41, 5.74) is 0.354. The quantitative estimate of drug-likeness (QED) is 0.614. The van der Waals surface area contributed by atoms with Gasteiger partial charge in [0.2, 0.25) is 0 Å². The van der Waals surface area contributed by atoms with Gasteiger partial charge in [0, 0.05) is 18.7 Å². The molecule has 18 heavy (non-hydrogen) atoms. The minimum atomic E-state index is -0.741. The van der Waals surface area contributed by atoms with Crippen molar-refractivity contribution in [1.82, 2.24) is 10.6 Å². The van der Waals surface area contributed by atoms with Crippen LogP contribution in [0.3, 0.4) is 0 Å². The lowest BCUT2D eigenvalue weighted by Gasteiger charge is -2.06. The number of amides is 2. The van der Waals surface area contributed by atoms with Crippen molar-refractivity contribution in [3.63, 3.8) is 0 Å². The molecule has 2 amide bonds. The lowest BCUT2D eigenvalue weighted by atomic mass is 10.2. The van der Waals surface area contributed by atoms with Crippen molar-refractivity contribution in [3.05, 3.63) is 35.6 Å². The van der Waals surface area contributed by atoms with Crippen molar-refractivity contribution in [1.29, 1.82) is 0 Å². The van der Waals surface area contributed by atoms with E-state index in [1.54, 1.807) is 18.2 Å². The normalized spacial score (nSPS) is 9.89. The number of hydrogen-bond acceptors (Lipinski definition) is 2. The predicted octanol–water partition coefficient (Wildman–Crippen LogP) is 1.36. The van der Waals surface area contributed by atoms with Gasteiger partial charge in [0.05, 0.1) is 0 Å². The highest BCUT2D eigenvalue weighted by molar-refractivity contribution is 6.35. The molecule has 0 aliphatic heterocycles. The van der Waals surface area contributed by atoms with Gasteiger partial charge in [0.15, 0.2) is 0 Å². The summed E-state index contributed by atoms with van der Waals surface area (Å²) in [7, 11) is 0. The molecule has 0 aliphatic carbocycles. The van der Waals surface area contributed by atoms with Gasteiger partial charge in [0.25, 0.3) is 0 Å². The summed E-state index contributed by atoms with van der Waals surface area (Å²) in [6, 6.07) is 6.11. The largest absolute Gasteiger partial charge is 0.348 e. The van der Waals surface area contributed by atoms with Gasteiger partial charge in [-0.25, -0.2) is 4.39 Å². The van der Waals surface area contributed by atoms with Gasteiger partial charge in [-0.3, -0.25) is 9.59 Å². The number of carbonyl (C=O) groups excluding carboxylic acids is 2. The van der Waals surface area contributed by atoms with E-state index in [0.717, 1.165) is 12.8 Å². The van der Waals surface area contributed by atoms with E-state index in [4.69, 9.17) is 0 Å². The maximum Gasteiger partial charge on any atom is 0.309 e. The molecule has 0 saturated heterocycles. The predicted molar refractivity (Wildman–Crippen MR) is 66.2 cm³/mol. The zero-order valence-corrected chi connectivity index (χ0v) is 10.3. The maximum absolute atomic E-state index is 13.2. The zero-order valence-electron chi connectivity index (χ0n) is 10.3. The first kappa shape index (κ1) is 14.2. The van der Waals surface area contributed by atoms with Crippen LogP contribution in [0.1, 0.15) is 25.3 Å². The van der Waals surface area contributed by atoms with Crippen LogP contribution in [0.5, 0.6) is 0 Å². The average Bonchev–Trinajstić information content (AvgIpc) is 2.37. The standard InChI is InChI=1S/C13H17FN2O2/c1-2-3-8-15-12(17)13(18)16-9-10-6-4-5-7-11(10)14/h4-7H,2-3,8-9H2,1H3,(H,15,17)(H,16,18). The van der Waals surface area contributed by atoms with Gasteiger partial charge in [-0.05, 0) is 12.5 Å². The molecule has 0 unspecified atom stereocenters. The smallest absolute Gasteiger partial charge is 0.309 e. The first-order chi connectivity index (χ1) is 8.65. The van der Waals surface area contributed by atoms with Gasteiger partial charge in [-0.2, -0.15) is 0 Å². The van der Waals surface area contributed by atoms with E-state index in [1.807, 2.05) is 6.92 Å². The fourth-order valence-corrected chi connectivity index (χ4v) is 1.36. The van der Waals surface area contributed by atoms with Crippen LogP contribution in [-0.4, -0.2) is 18.4 Å². The Kier molecular flexibility index (Phi) is 5.84. The second-order valence-corrected chi connectivity index (χ2v) is 3.88. The van der Waals surface area contributed by atoms with E-state index >= 15 is 0 Å². The Morgan fingerprint density at radius 2 is 1.83 bits per heavy atom. The molecule has 98 valence electrons. The highest BCUT2D eigenvalue weighted by atomic mass is 19.1. The van der Waals surface area contributed by atoms with Crippen LogP contribution < -0.4 is 10.6 Å². The van der Waals surface area contributed by atoms with Crippen molar-refractivity contribution in [2.45, 2.75) is 26.3 Å². The number of unbranched alkanes of at least 4 members (excludes halogenated alkanes) is 1. The molecule has 0 fully saturated rings. The van der Waals surface area contributed by atoms with Gasteiger partial charge < -0.3 is 10.6 Å². The Bertz CT molecular complexity index is 421. The van der Waals surface area contributed by atoms with Crippen molar-refractivity contribution in [2.24, 2.45) is 0 Å². The highest BCUT2D eigenvalue weighted by Crippen LogP contribution is 2.05. The van der Waals surface area contributed by atoms with Crippen LogP contribution in [0.4, 0.5) is 4.39 Å². The summed E-state index contributed by atoms with van der Waals surface area (Å²) in [6.45, 7) is 2.47. The Labute approximate surface area is 106 Å². The molecular weight excluding hydrogens is 235 g/mol. The zero-order chi connectivity index (χ0) is 13.4. The average molecular weight is 252 g/mol. The molecule has 4 nitrogen and oxygen atoms in total. The lowest BCUT2D eigenvalue weighted by molar-refractivity contribution is -0.139. The minimum absolute atomic E-state index is 0.00665. The van der Waals surface area contributed by atoms with E-state index in [-0.39, 0.29) is 6.54 Å². The maximum atomic E-state index is 13.2. The number of halogens is 1. The molecule has 2 N–H and O–H groups in total. The molecule has 0 aromatic heterocycles. The first-order valence-electron chi connectivity index (χ1n) is 5.94. The Morgan fingerprint density at radius 1 is 1.17 bits per heavy atom. The molecule has 0 radical (unpaired) electrons. The Hall–Kier alpha value is -1.91. The molecule has 0 saturated carbocycles. The van der Waals surface area contributed by atoms with Gasteiger partial charge in [-0.1, -0.05) is 31.5 Å². The highest BCUT2D eigenvalue weighted by Gasteiger charge is 2.12. The van der Waals surface area contributed by atoms with E-state index in [0.29, 0.717) is 12.1 Å². The van der Waals surface area contributed by atoms with Gasteiger partial charge in [-0.15, -0.1) is 0 Å². The van der Waals surface area contributed by atoms with E-state index in [9.17, 15) is 14.0 Å². The summed E-state index contributed by atoms with van der Waals surface area (Å²) in [6.07, 6.45) is 1.77. The van der Waals surface area contributed by atoms with E-state index in [2.05, 4.69) is 10.6 Å². The summed E-state index contributed by atoms with van der Waals surface area (Å²) >= 11 is 0. The van der Waals surface area contributed by atoms with Gasteiger partial charge in [0.1, 0.15) is 5.82 Å². The number of hydrogen-bond donors (Lipinski definition) is 2. The van der Waals surface area contributed by atoms with E-state index in [1.165, 1.54) is 6.07 Å². The lowest BCUT2D eigenvalue weighted by Crippen LogP contribution is -2.40. The van der Waals surface area contributed by atoms with Crippen LogP contribution in [0, 0.1) is 5.82 Å². The van der Waals surface area contributed by atoms with Crippen LogP contribution in [-0.2, 0) is 16.1 Å². The SMILES string of the molecule is CCCCNC(=O)C(=O)NCc1ccccc1F. The molecular formula is C13H17FN2O2. The van der Waals surface area contributed by atoms with Crippen LogP contribution in [0.2, 0.25) is 0 Å². The molecule has 1 aromatic rings. The van der Waals surface area contributed by atoms with Crippen molar-refractivity contribution < 1.29 is 14.0 Å². The molecule has 0 heterocycles. The molecule has 0 aliphatic rings. The van der Waals surface area contributed by atoms with Crippen LogP contribution in [0.25, 0.3) is 0 Å². The third kappa shape index (κ3) is 4.53. The molecule has 1 aromatic carbocycles. The van der Waals surface area contributed by atoms with Crippen LogP contribution in [0.15, 0.2) is 24.3 Å². The summed E-state index contributed by atoms with van der Waals surface area (Å²) in [5, 5.41) is 4.86. The molecule has 1 rings (SSSR count). The van der Waals surface area contributed by atoms with Crippen LogP contribution >= 0.6 is 0 Å². The topological polar surface area (TPSA) is 58.2 Å². The third-order valence-corrected chi connectivity index (χ3v) is 2.42. The second kappa shape index (κ2) is 7.42. The number of benzene rings is 1. The van der Waals surface area contributed by atoms with Crippen molar-refractivity contribution in [3.8, 4) is 0 Å². The van der Waals surface area contributed by atoms with Gasteiger partial charge >= 0.3 is 11.8 Å². The molecule has 5 heteroatoms. The molecule has 0 atom stereocenters. The van der Waals surface area contributed by atoms with Crippen molar-refractivity contribution >= 4 is 11.8 Å². The molecule has 0 bridgehead atoms. The Morgan fingerprint density at radius 3 is 2.50 bits per heavy atom. The molecule has 0 spiro atoms. The summed E-state index contributed by atoms with van der Waals surface area (Å²) in [5.74, 6) is -1.82. The first-order valence-corrected chi connectivity index (χ1v) is 5.94. The fraction of sp³-hybridized carbons (Fsp3) is 0.385. The minimum Gasteiger partial charge on any atom is -0.348 e. The number of nitrogens with one attached hydrogen (secondary N) is 2. The number of carbonyl (C=O) groups is 2. The monoisotopic (exact) mass is 252 g/mol. The second-order valence-electron chi connectivity index (χ2n) is 3.88. The van der Waals surface area contributed by atoms with Crippen molar-refractivity contribution in [2.75, 3.05) is 6.54 Å².